The van der Waals surface area contributed by atoms with E-state index >= 15 is 0 Å². The first kappa shape index (κ1) is 18.3. The van der Waals surface area contributed by atoms with E-state index in [0.717, 1.165) is 11.8 Å². The lowest BCUT2D eigenvalue weighted by molar-refractivity contribution is 0.0696. The fourth-order valence-electron chi connectivity index (χ4n) is 1.70. The number of benzene rings is 1. The molecule has 1 N–H and O–H groups in total. The second-order valence-electron chi connectivity index (χ2n) is 4.60. The number of carbonyl (C=O) groups is 1. The molecule has 1 unspecified atom stereocenters. The number of aromatic carboxylic acids is 1. The van der Waals surface area contributed by atoms with Gasteiger partial charge in [0.2, 0.25) is 10.0 Å². The lowest BCUT2D eigenvalue weighted by Crippen LogP contribution is -2.35. The average Bonchev–Trinajstić information content (AvgIpc) is 2.43. The number of hydrogen-bond donors (Lipinski definition) is 1. The maximum atomic E-state index is 12.6. The summed E-state index contributed by atoms with van der Waals surface area (Å²) >= 11 is 7.57. The molecule has 1 atom stereocenters. The Bertz CT molecular complexity index is 619. The van der Waals surface area contributed by atoms with E-state index < -0.39 is 16.0 Å². The molecule has 0 fully saturated rings. The smallest absolute Gasteiger partial charge is 0.335 e. The second-order valence-corrected chi connectivity index (χ2v) is 7.96. The highest BCUT2D eigenvalue weighted by Crippen LogP contribution is 2.27. The highest BCUT2D eigenvalue weighted by Gasteiger charge is 2.28. The van der Waals surface area contributed by atoms with E-state index in [2.05, 4.69) is 0 Å². The maximum absolute atomic E-state index is 12.6. The number of nitrogens with zero attached hydrogens (tertiary/aromatic N) is 1. The molecular formula is C13H18ClNO4S2. The van der Waals surface area contributed by atoms with Crippen molar-refractivity contribution in [3.8, 4) is 0 Å². The zero-order valence-corrected chi connectivity index (χ0v) is 14.4. The first-order chi connectivity index (χ1) is 9.71. The molecule has 0 heterocycles. The van der Waals surface area contributed by atoms with Gasteiger partial charge < -0.3 is 5.11 Å². The molecule has 5 nitrogen and oxygen atoms in total. The molecule has 0 spiro atoms. The van der Waals surface area contributed by atoms with Crippen molar-refractivity contribution in [3.05, 3.63) is 28.8 Å². The van der Waals surface area contributed by atoms with E-state index in [9.17, 15) is 13.2 Å². The van der Waals surface area contributed by atoms with Crippen LogP contribution in [0.4, 0.5) is 0 Å². The van der Waals surface area contributed by atoms with Crippen LogP contribution in [-0.4, -0.2) is 48.9 Å². The third-order valence-corrected chi connectivity index (χ3v) is 6.29. The van der Waals surface area contributed by atoms with Crippen LogP contribution in [0.25, 0.3) is 0 Å². The van der Waals surface area contributed by atoms with Gasteiger partial charge in [-0.2, -0.15) is 16.1 Å². The highest BCUT2D eigenvalue weighted by molar-refractivity contribution is 7.98. The van der Waals surface area contributed by atoms with Crippen molar-refractivity contribution in [2.75, 3.05) is 19.1 Å². The third-order valence-electron chi connectivity index (χ3n) is 3.20. The van der Waals surface area contributed by atoms with Gasteiger partial charge in [-0.3, -0.25) is 0 Å². The van der Waals surface area contributed by atoms with Crippen LogP contribution in [0.5, 0.6) is 0 Å². The van der Waals surface area contributed by atoms with Gasteiger partial charge in [0.1, 0.15) is 4.90 Å². The van der Waals surface area contributed by atoms with E-state index in [4.69, 9.17) is 16.7 Å². The number of halogens is 1. The van der Waals surface area contributed by atoms with Gasteiger partial charge in [-0.05, 0) is 43.6 Å². The van der Waals surface area contributed by atoms with Crippen molar-refractivity contribution in [2.24, 2.45) is 0 Å². The summed E-state index contributed by atoms with van der Waals surface area (Å²) in [7, 11) is -2.35. The van der Waals surface area contributed by atoms with Crippen LogP contribution in [0, 0.1) is 0 Å². The van der Waals surface area contributed by atoms with Gasteiger partial charge in [-0.15, -0.1) is 0 Å². The molecule has 0 aromatic heterocycles. The largest absolute Gasteiger partial charge is 0.478 e. The minimum atomic E-state index is -3.83. The van der Waals surface area contributed by atoms with Crippen LogP contribution in [0.15, 0.2) is 23.1 Å². The maximum Gasteiger partial charge on any atom is 0.335 e. The van der Waals surface area contributed by atoms with Gasteiger partial charge >= 0.3 is 5.97 Å². The van der Waals surface area contributed by atoms with E-state index in [0.29, 0.717) is 6.42 Å². The Labute approximate surface area is 134 Å². The van der Waals surface area contributed by atoms with Gasteiger partial charge in [0, 0.05) is 13.1 Å². The fourth-order valence-corrected chi connectivity index (χ4v) is 4.16. The van der Waals surface area contributed by atoms with Crippen molar-refractivity contribution in [2.45, 2.75) is 24.3 Å². The molecule has 1 aromatic carbocycles. The molecule has 1 aromatic rings. The van der Waals surface area contributed by atoms with Crippen molar-refractivity contribution in [1.82, 2.24) is 4.31 Å². The van der Waals surface area contributed by atoms with Gasteiger partial charge in [0.25, 0.3) is 0 Å². The molecule has 0 saturated carbocycles. The van der Waals surface area contributed by atoms with Crippen molar-refractivity contribution >= 4 is 39.4 Å². The van der Waals surface area contributed by atoms with E-state index in [1.54, 1.807) is 11.8 Å². The van der Waals surface area contributed by atoms with E-state index in [1.807, 2.05) is 13.2 Å². The predicted octanol–water partition coefficient (Wildman–Crippen LogP) is 2.80. The zero-order chi connectivity index (χ0) is 16.2. The molecule has 8 heteroatoms. The summed E-state index contributed by atoms with van der Waals surface area (Å²) in [6.07, 6.45) is 2.65. The Balaban J connectivity index is 3.18. The summed E-state index contributed by atoms with van der Waals surface area (Å²) in [4.78, 5) is 10.8. The SMILES string of the molecule is CSCCC(C)N(C)S(=O)(=O)c1cc(C(=O)O)ccc1Cl. The lowest BCUT2D eigenvalue weighted by Gasteiger charge is -2.24. The molecule has 1 rings (SSSR count). The van der Waals surface area contributed by atoms with E-state index in [-0.39, 0.29) is 21.5 Å². The standard InChI is InChI=1S/C13H18ClNO4S2/c1-9(6-7-20-3)15(2)21(18,19)12-8-10(13(16)17)4-5-11(12)14/h4-5,8-9H,6-7H2,1-3H3,(H,16,17). The number of rotatable bonds is 7. The molecule has 0 bridgehead atoms. The number of sulfonamides is 1. The third kappa shape index (κ3) is 4.35. The topological polar surface area (TPSA) is 74.7 Å². The fraction of sp³-hybridized carbons (Fsp3) is 0.462. The first-order valence-electron chi connectivity index (χ1n) is 6.21. The van der Waals surface area contributed by atoms with Gasteiger partial charge in [-0.1, -0.05) is 11.6 Å². The molecule has 0 aliphatic carbocycles. The Hall–Kier alpha value is -0.760. The average molecular weight is 352 g/mol. The normalized spacial score (nSPS) is 13.4. The molecule has 0 saturated heterocycles. The summed E-state index contributed by atoms with van der Waals surface area (Å²) < 4.78 is 26.4. The molecule has 0 aliphatic rings. The molecule has 0 amide bonds. The van der Waals surface area contributed by atoms with Crippen LogP contribution >= 0.6 is 23.4 Å². The Morgan fingerprint density at radius 1 is 1.48 bits per heavy atom. The molecule has 0 radical (unpaired) electrons. The molecular weight excluding hydrogens is 334 g/mol. The summed E-state index contributed by atoms with van der Waals surface area (Å²) in [5.74, 6) is -0.356. The molecule has 118 valence electrons. The van der Waals surface area contributed by atoms with Gasteiger partial charge in [-0.25, -0.2) is 13.2 Å². The second kappa shape index (κ2) is 7.49. The molecule has 0 aliphatic heterocycles. The van der Waals surface area contributed by atoms with Crippen molar-refractivity contribution < 1.29 is 18.3 Å². The van der Waals surface area contributed by atoms with Crippen LogP contribution in [0.1, 0.15) is 23.7 Å². The van der Waals surface area contributed by atoms with Crippen LogP contribution in [0.2, 0.25) is 5.02 Å². The van der Waals surface area contributed by atoms with Crippen molar-refractivity contribution in [3.63, 3.8) is 0 Å². The summed E-state index contributed by atoms with van der Waals surface area (Å²) in [6.45, 7) is 1.81. The Morgan fingerprint density at radius 3 is 2.62 bits per heavy atom. The monoisotopic (exact) mass is 351 g/mol. The van der Waals surface area contributed by atoms with Crippen molar-refractivity contribution in [1.29, 1.82) is 0 Å². The minimum Gasteiger partial charge on any atom is -0.478 e. The van der Waals surface area contributed by atoms with Gasteiger partial charge in [0.15, 0.2) is 0 Å². The minimum absolute atomic E-state index is 0.0175. The zero-order valence-electron chi connectivity index (χ0n) is 12.0. The van der Waals surface area contributed by atoms with Gasteiger partial charge in [0.05, 0.1) is 10.6 Å². The first-order valence-corrected chi connectivity index (χ1v) is 9.42. The summed E-state index contributed by atoms with van der Waals surface area (Å²) in [6, 6.07) is 3.46. The lowest BCUT2D eigenvalue weighted by atomic mass is 10.2. The highest BCUT2D eigenvalue weighted by atomic mass is 35.5. The molecule has 21 heavy (non-hydrogen) atoms. The van der Waals surface area contributed by atoms with Crippen LogP contribution in [-0.2, 0) is 10.0 Å². The summed E-state index contributed by atoms with van der Waals surface area (Å²) in [5.41, 5.74) is -0.108. The van der Waals surface area contributed by atoms with Crippen LogP contribution < -0.4 is 0 Å². The number of hydrogen-bond acceptors (Lipinski definition) is 4. The number of thioether (sulfide) groups is 1. The van der Waals surface area contributed by atoms with E-state index in [1.165, 1.54) is 23.5 Å². The quantitative estimate of drug-likeness (QED) is 0.817. The summed E-state index contributed by atoms with van der Waals surface area (Å²) in [5, 5.41) is 8.99. The predicted molar refractivity (Wildman–Crippen MR) is 85.8 cm³/mol. The Kier molecular flexibility index (Phi) is 6.52. The number of carboxylic acids is 1. The van der Waals surface area contributed by atoms with Crippen LogP contribution in [0.3, 0.4) is 0 Å². The number of carboxylic acid groups (broad SMARTS) is 1. The Morgan fingerprint density at radius 2 is 2.10 bits per heavy atom.